The van der Waals surface area contributed by atoms with Crippen molar-refractivity contribution in [1.29, 1.82) is 0 Å². The van der Waals surface area contributed by atoms with Crippen LogP contribution in [0.2, 0.25) is 0 Å². The van der Waals surface area contributed by atoms with Gasteiger partial charge in [0.1, 0.15) is 11.5 Å². The molecule has 9 nitrogen and oxygen atoms in total. The zero-order valence-electron chi connectivity index (χ0n) is 19.0. The maximum Gasteiger partial charge on any atom is 0.251 e. The Morgan fingerprint density at radius 2 is 1.61 bits per heavy atom. The van der Waals surface area contributed by atoms with Crippen molar-refractivity contribution in [3.05, 3.63) is 59.9 Å². The van der Waals surface area contributed by atoms with Gasteiger partial charge in [-0.3, -0.25) is 9.59 Å². The average molecular weight is 470 g/mol. The number of methoxy groups -OCH3 is 2. The smallest absolute Gasteiger partial charge is 0.251 e. The topological polar surface area (TPSA) is 107 Å². The fourth-order valence-corrected chi connectivity index (χ4v) is 3.92. The predicted octanol–water partition coefficient (Wildman–Crippen LogP) is 3.54. The van der Waals surface area contributed by atoms with E-state index in [4.69, 9.17) is 9.47 Å². The van der Waals surface area contributed by atoms with Gasteiger partial charge in [0.25, 0.3) is 5.91 Å². The highest BCUT2D eigenvalue weighted by Crippen LogP contribution is 2.22. The Morgan fingerprint density at radius 3 is 2.18 bits per heavy atom. The Bertz CT molecular complexity index is 1080. The molecule has 10 heteroatoms. The molecule has 2 amide bonds. The second-order valence-electron chi connectivity index (χ2n) is 7.07. The normalized spacial score (nSPS) is 11.5. The molecule has 1 atom stereocenters. The van der Waals surface area contributed by atoms with Crippen LogP contribution in [-0.4, -0.2) is 46.6 Å². The molecule has 0 bridgehead atoms. The Hall–Kier alpha value is -3.53. The van der Waals surface area contributed by atoms with Crippen molar-refractivity contribution in [2.75, 3.05) is 25.3 Å². The summed E-state index contributed by atoms with van der Waals surface area (Å²) in [7, 11) is 3.17. The summed E-state index contributed by atoms with van der Waals surface area (Å²) < 4.78 is 12.1. The number of hydrogen-bond acceptors (Lipinski definition) is 7. The summed E-state index contributed by atoms with van der Waals surface area (Å²) in [5, 5.41) is 14.9. The van der Waals surface area contributed by atoms with Crippen molar-refractivity contribution < 1.29 is 19.1 Å². The number of carbonyl (C=O) groups excluding carboxylic acids is 2. The summed E-state index contributed by atoms with van der Waals surface area (Å²) in [5.41, 5.74) is 1.21. The van der Waals surface area contributed by atoms with Crippen molar-refractivity contribution in [3.63, 3.8) is 0 Å². The fourth-order valence-electron chi connectivity index (χ4n) is 3.11. The zero-order chi connectivity index (χ0) is 23.8. The number of carbonyl (C=O) groups is 2. The maximum atomic E-state index is 12.6. The van der Waals surface area contributed by atoms with Crippen molar-refractivity contribution in [1.82, 2.24) is 20.1 Å². The summed E-state index contributed by atoms with van der Waals surface area (Å²) >= 11 is 1.29. The van der Waals surface area contributed by atoms with Gasteiger partial charge in [-0.15, -0.1) is 10.2 Å². The minimum atomic E-state index is -0.366. The molecule has 3 aromatic rings. The summed E-state index contributed by atoms with van der Waals surface area (Å²) in [6.45, 7) is 4.42. The third-order valence-electron chi connectivity index (χ3n) is 4.85. The number of rotatable bonds is 10. The average Bonchev–Trinajstić information content (AvgIpc) is 3.26. The van der Waals surface area contributed by atoms with Gasteiger partial charge in [0.15, 0.2) is 11.0 Å². The molecule has 2 aromatic carbocycles. The molecule has 0 fully saturated rings. The van der Waals surface area contributed by atoms with E-state index < -0.39 is 0 Å². The monoisotopic (exact) mass is 469 g/mol. The molecular formula is C23H27N5O4S. The van der Waals surface area contributed by atoms with E-state index in [0.717, 1.165) is 5.75 Å². The van der Waals surface area contributed by atoms with Gasteiger partial charge >= 0.3 is 0 Å². The second-order valence-corrected chi connectivity index (χ2v) is 8.02. The highest BCUT2D eigenvalue weighted by molar-refractivity contribution is 7.99. The Morgan fingerprint density at radius 1 is 1.00 bits per heavy atom. The molecule has 0 aliphatic carbocycles. The van der Waals surface area contributed by atoms with Crippen LogP contribution in [0.4, 0.5) is 5.69 Å². The minimum Gasteiger partial charge on any atom is -0.497 e. The van der Waals surface area contributed by atoms with Crippen LogP contribution >= 0.6 is 11.8 Å². The number of nitrogens with zero attached hydrogens (tertiary/aromatic N) is 3. The van der Waals surface area contributed by atoms with Crippen LogP contribution in [0, 0.1) is 0 Å². The van der Waals surface area contributed by atoms with Crippen LogP contribution in [0.15, 0.2) is 53.7 Å². The Labute approximate surface area is 196 Å². The second kappa shape index (κ2) is 11.4. The van der Waals surface area contributed by atoms with Gasteiger partial charge in [-0.1, -0.05) is 11.8 Å². The molecule has 0 saturated heterocycles. The summed E-state index contributed by atoms with van der Waals surface area (Å²) in [5.74, 6) is 1.83. The zero-order valence-corrected chi connectivity index (χ0v) is 19.8. The summed E-state index contributed by atoms with van der Waals surface area (Å²) in [4.78, 5) is 24.9. The molecule has 174 valence electrons. The van der Waals surface area contributed by atoms with E-state index in [9.17, 15) is 9.59 Å². The number of thioether (sulfide) groups is 1. The first kappa shape index (κ1) is 24.1. The highest BCUT2D eigenvalue weighted by atomic mass is 32.2. The van der Waals surface area contributed by atoms with E-state index in [1.54, 1.807) is 62.8 Å². The summed E-state index contributed by atoms with van der Waals surface area (Å²) in [6.07, 6.45) is 0. The molecule has 0 aliphatic heterocycles. The van der Waals surface area contributed by atoms with Crippen molar-refractivity contribution >= 4 is 29.3 Å². The number of benzene rings is 2. The highest BCUT2D eigenvalue weighted by Gasteiger charge is 2.20. The van der Waals surface area contributed by atoms with E-state index in [1.807, 2.05) is 18.4 Å². The molecule has 0 aliphatic rings. The van der Waals surface area contributed by atoms with E-state index in [2.05, 4.69) is 20.8 Å². The van der Waals surface area contributed by atoms with E-state index in [0.29, 0.717) is 34.5 Å². The Balaban J connectivity index is 1.59. The van der Waals surface area contributed by atoms with Crippen molar-refractivity contribution in [2.24, 2.45) is 0 Å². The van der Waals surface area contributed by atoms with Gasteiger partial charge in [-0.2, -0.15) is 0 Å². The van der Waals surface area contributed by atoms with Gasteiger partial charge in [0.2, 0.25) is 5.91 Å². The lowest BCUT2D eigenvalue weighted by atomic mass is 10.2. The molecule has 3 rings (SSSR count). The molecule has 1 unspecified atom stereocenters. The molecule has 0 saturated carbocycles. The molecule has 33 heavy (non-hydrogen) atoms. The fraction of sp³-hybridized carbons (Fsp3) is 0.304. The molecular weight excluding hydrogens is 442 g/mol. The van der Waals surface area contributed by atoms with Gasteiger partial charge < -0.3 is 24.7 Å². The first-order valence-electron chi connectivity index (χ1n) is 10.4. The minimum absolute atomic E-state index is 0.154. The van der Waals surface area contributed by atoms with Crippen LogP contribution in [0.25, 0.3) is 0 Å². The van der Waals surface area contributed by atoms with E-state index in [1.165, 1.54) is 11.8 Å². The van der Waals surface area contributed by atoms with E-state index in [-0.39, 0.29) is 23.6 Å². The van der Waals surface area contributed by atoms with Gasteiger partial charge in [0.05, 0.1) is 26.0 Å². The largest absolute Gasteiger partial charge is 0.497 e. The summed E-state index contributed by atoms with van der Waals surface area (Å²) in [6, 6.07) is 13.6. The van der Waals surface area contributed by atoms with Crippen LogP contribution in [0.1, 0.15) is 36.1 Å². The van der Waals surface area contributed by atoms with Gasteiger partial charge in [0, 0.05) is 17.8 Å². The molecule has 1 aromatic heterocycles. The molecule has 1 heterocycles. The van der Waals surface area contributed by atoms with Crippen molar-refractivity contribution in [2.45, 2.75) is 31.6 Å². The maximum absolute atomic E-state index is 12.6. The van der Waals surface area contributed by atoms with Crippen LogP contribution in [0.3, 0.4) is 0 Å². The third kappa shape index (κ3) is 6.26. The standard InChI is InChI=1S/C23H27N5O4S/c1-5-28-21(15(2)24-22(30)16-6-10-18(31-3)11-7-16)26-27-23(28)33-14-20(29)25-17-8-12-19(32-4)13-9-17/h6-13,15H,5,14H2,1-4H3,(H,24,30)(H,25,29). The Kier molecular flexibility index (Phi) is 8.31. The molecule has 2 N–H and O–H groups in total. The van der Waals surface area contributed by atoms with E-state index >= 15 is 0 Å². The lowest BCUT2D eigenvalue weighted by Crippen LogP contribution is -2.28. The SMILES string of the molecule is CCn1c(SCC(=O)Nc2ccc(OC)cc2)nnc1C(C)NC(=O)c1ccc(OC)cc1. The molecule has 0 spiro atoms. The van der Waals surface area contributed by atoms with Gasteiger partial charge in [-0.05, 0) is 62.4 Å². The van der Waals surface area contributed by atoms with Crippen LogP contribution in [-0.2, 0) is 11.3 Å². The lowest BCUT2D eigenvalue weighted by Gasteiger charge is -2.15. The number of aromatic nitrogens is 3. The van der Waals surface area contributed by atoms with Crippen molar-refractivity contribution in [3.8, 4) is 11.5 Å². The number of anilines is 1. The number of amides is 2. The first-order chi connectivity index (χ1) is 15.9. The van der Waals surface area contributed by atoms with Crippen LogP contribution in [0.5, 0.6) is 11.5 Å². The first-order valence-corrected chi connectivity index (χ1v) is 11.4. The number of nitrogens with one attached hydrogen (secondary N) is 2. The quantitative estimate of drug-likeness (QED) is 0.437. The lowest BCUT2D eigenvalue weighted by molar-refractivity contribution is -0.113. The predicted molar refractivity (Wildman–Crippen MR) is 127 cm³/mol. The number of ether oxygens (including phenoxy) is 2. The van der Waals surface area contributed by atoms with Gasteiger partial charge in [-0.25, -0.2) is 0 Å². The number of hydrogen-bond donors (Lipinski definition) is 2. The molecule has 0 radical (unpaired) electrons. The third-order valence-corrected chi connectivity index (χ3v) is 5.82. The van der Waals surface area contributed by atoms with Crippen LogP contribution < -0.4 is 20.1 Å².